The zero-order valence-electron chi connectivity index (χ0n) is 16.3. The summed E-state index contributed by atoms with van der Waals surface area (Å²) < 4.78 is 28.7. The Morgan fingerprint density at radius 3 is 2.58 bits per heavy atom. The van der Waals surface area contributed by atoms with Crippen molar-refractivity contribution >= 4 is 72.1 Å². The first kappa shape index (κ1) is 22.1. The van der Waals surface area contributed by atoms with E-state index < -0.39 is 10.0 Å². The van der Waals surface area contributed by atoms with E-state index in [2.05, 4.69) is 15.0 Å². The van der Waals surface area contributed by atoms with Gasteiger partial charge in [-0.25, -0.2) is 8.42 Å². The summed E-state index contributed by atoms with van der Waals surface area (Å²) in [5.41, 5.74) is 0.460. The Labute approximate surface area is 194 Å². The first-order valence-electron chi connectivity index (χ1n) is 9.68. The zero-order valence-corrected chi connectivity index (χ0v) is 19.5. The molecule has 0 saturated heterocycles. The lowest BCUT2D eigenvalue weighted by atomic mass is 10.2. The van der Waals surface area contributed by atoms with Crippen LogP contribution in [0.2, 0.25) is 10.0 Å². The number of halogens is 2. The van der Waals surface area contributed by atoms with E-state index in [1.807, 2.05) is 0 Å². The van der Waals surface area contributed by atoms with Crippen molar-refractivity contribution in [3.05, 3.63) is 57.4 Å². The largest absolute Gasteiger partial charge is 0.321 e. The number of thiophene rings is 1. The van der Waals surface area contributed by atoms with Gasteiger partial charge < -0.3 is 5.32 Å². The summed E-state index contributed by atoms with van der Waals surface area (Å²) in [7, 11) is -3.73. The topological polar surface area (TPSA) is 87.6 Å². The van der Waals surface area contributed by atoms with E-state index in [4.69, 9.17) is 23.2 Å². The first-order chi connectivity index (χ1) is 14.8. The summed E-state index contributed by atoms with van der Waals surface area (Å²) in [6, 6.07) is 11.2. The fourth-order valence-corrected chi connectivity index (χ4v) is 6.04. The van der Waals surface area contributed by atoms with Crippen LogP contribution in [0.25, 0.3) is 10.1 Å². The molecule has 2 N–H and O–H groups in total. The van der Waals surface area contributed by atoms with Crippen LogP contribution in [0.5, 0.6) is 0 Å². The molecule has 0 radical (unpaired) electrons. The second-order valence-corrected chi connectivity index (χ2v) is 10.7. The normalized spacial score (nSPS) is 14.7. The second-order valence-electron chi connectivity index (χ2n) is 7.11. The van der Waals surface area contributed by atoms with Crippen molar-refractivity contribution in [3.63, 3.8) is 0 Å². The Hall–Kier alpha value is -2.13. The van der Waals surface area contributed by atoms with Gasteiger partial charge in [0.05, 0.1) is 9.92 Å². The molecule has 0 spiro atoms. The number of rotatable bonds is 4. The van der Waals surface area contributed by atoms with Crippen molar-refractivity contribution in [1.82, 2.24) is 4.72 Å². The smallest absolute Gasteiger partial charge is 0.267 e. The molecule has 2 heterocycles. The minimum absolute atomic E-state index is 0.104. The van der Waals surface area contributed by atoms with Crippen LogP contribution in [0.15, 0.2) is 52.4 Å². The summed E-state index contributed by atoms with van der Waals surface area (Å²) in [5, 5.41) is 4.45. The number of amides is 1. The van der Waals surface area contributed by atoms with Crippen LogP contribution in [0.3, 0.4) is 0 Å². The number of fused-ring (bicyclic) bond motifs is 1. The number of hydrogen-bond acceptors (Lipinski definition) is 5. The molecule has 0 bridgehead atoms. The average Bonchev–Trinajstić information content (AvgIpc) is 2.89. The molecule has 3 aromatic rings. The highest BCUT2D eigenvalue weighted by Crippen LogP contribution is 2.37. The maximum Gasteiger partial charge on any atom is 0.267 e. The number of amidine groups is 1. The fraction of sp³-hybridized carbons (Fsp3) is 0.238. The van der Waals surface area contributed by atoms with Gasteiger partial charge in [-0.05, 0) is 49.2 Å². The standard InChI is InChI=1S/C21H19Cl2N3O3S2/c22-13-5-10-16-17(12-13)30-20(19(16)23)21(27)25-14-6-8-15(9-7-14)31(28,29)26-18-4-2-1-3-11-24-18/h5-10,12H,1-4,11H2,(H,24,26)(H,25,27). The van der Waals surface area contributed by atoms with E-state index in [-0.39, 0.29) is 10.8 Å². The Kier molecular flexibility index (Phi) is 6.52. The molecule has 1 aliphatic rings. The van der Waals surface area contributed by atoms with Gasteiger partial charge in [0.15, 0.2) is 0 Å². The molecule has 6 nitrogen and oxygen atoms in total. The Balaban J connectivity index is 1.49. The first-order valence-corrected chi connectivity index (χ1v) is 12.7. The number of carbonyl (C=O) groups excluding carboxylic acids is 1. The van der Waals surface area contributed by atoms with Crippen molar-refractivity contribution in [2.24, 2.45) is 4.99 Å². The van der Waals surface area contributed by atoms with Gasteiger partial charge in [0.1, 0.15) is 10.7 Å². The fourth-order valence-electron chi connectivity index (χ4n) is 3.26. The molecule has 2 aromatic carbocycles. The highest BCUT2D eigenvalue weighted by Gasteiger charge is 2.19. The Morgan fingerprint density at radius 2 is 1.81 bits per heavy atom. The Bertz CT molecular complexity index is 1270. The number of aliphatic imine (C=N–C) groups is 1. The van der Waals surface area contributed by atoms with E-state index in [1.54, 1.807) is 30.3 Å². The highest BCUT2D eigenvalue weighted by molar-refractivity contribution is 7.90. The number of nitrogens with zero attached hydrogens (tertiary/aromatic N) is 1. The third kappa shape index (κ3) is 5.03. The van der Waals surface area contributed by atoms with Crippen LogP contribution < -0.4 is 10.0 Å². The number of anilines is 1. The number of nitrogens with one attached hydrogen (secondary N) is 2. The van der Waals surface area contributed by atoms with Crippen LogP contribution in [0.1, 0.15) is 35.4 Å². The van der Waals surface area contributed by atoms with Crippen LogP contribution in [0.4, 0.5) is 5.69 Å². The van der Waals surface area contributed by atoms with E-state index in [1.165, 1.54) is 23.5 Å². The summed E-state index contributed by atoms with van der Waals surface area (Å²) in [5.74, 6) is 0.123. The van der Waals surface area contributed by atoms with Crippen molar-refractivity contribution in [3.8, 4) is 0 Å². The number of sulfonamides is 1. The average molecular weight is 496 g/mol. The monoisotopic (exact) mass is 495 g/mol. The molecule has 10 heteroatoms. The van der Waals surface area contributed by atoms with Gasteiger partial charge in [-0.1, -0.05) is 35.7 Å². The van der Waals surface area contributed by atoms with Gasteiger partial charge in [0.25, 0.3) is 15.9 Å². The molecule has 4 rings (SSSR count). The van der Waals surface area contributed by atoms with Gasteiger partial charge in [0, 0.05) is 33.8 Å². The molecular weight excluding hydrogens is 477 g/mol. The third-order valence-electron chi connectivity index (χ3n) is 4.85. The van der Waals surface area contributed by atoms with Gasteiger partial charge in [-0.15, -0.1) is 11.3 Å². The van der Waals surface area contributed by atoms with Crippen LogP contribution >= 0.6 is 34.5 Å². The molecule has 31 heavy (non-hydrogen) atoms. The minimum Gasteiger partial charge on any atom is -0.321 e. The van der Waals surface area contributed by atoms with E-state index in [0.717, 1.165) is 29.3 Å². The predicted octanol–water partition coefficient (Wildman–Crippen LogP) is 5.71. The maximum absolute atomic E-state index is 12.7. The number of hydrogen-bond donors (Lipinski definition) is 2. The molecule has 0 unspecified atom stereocenters. The lowest BCUT2D eigenvalue weighted by Gasteiger charge is -2.10. The molecule has 1 aromatic heterocycles. The van der Waals surface area contributed by atoms with Crippen LogP contribution in [-0.4, -0.2) is 26.7 Å². The molecule has 162 valence electrons. The predicted molar refractivity (Wildman–Crippen MR) is 127 cm³/mol. The second kappa shape index (κ2) is 9.16. The minimum atomic E-state index is -3.73. The lowest BCUT2D eigenvalue weighted by Crippen LogP contribution is -2.30. The van der Waals surface area contributed by atoms with Crippen LogP contribution in [-0.2, 0) is 10.0 Å². The molecule has 1 amide bonds. The molecule has 0 fully saturated rings. The van der Waals surface area contributed by atoms with Crippen molar-refractivity contribution < 1.29 is 13.2 Å². The molecule has 0 saturated carbocycles. The third-order valence-corrected chi connectivity index (χ3v) is 8.13. The molecule has 0 aliphatic carbocycles. The summed E-state index contributed by atoms with van der Waals surface area (Å²) in [6.45, 7) is 0.634. The summed E-state index contributed by atoms with van der Waals surface area (Å²) in [4.78, 5) is 17.5. The van der Waals surface area contributed by atoms with Crippen molar-refractivity contribution in [1.29, 1.82) is 0 Å². The van der Waals surface area contributed by atoms with E-state index in [9.17, 15) is 13.2 Å². The highest BCUT2D eigenvalue weighted by atomic mass is 35.5. The molecule has 0 atom stereocenters. The van der Waals surface area contributed by atoms with Gasteiger partial charge >= 0.3 is 0 Å². The van der Waals surface area contributed by atoms with E-state index >= 15 is 0 Å². The van der Waals surface area contributed by atoms with Gasteiger partial charge in [-0.3, -0.25) is 14.5 Å². The zero-order chi connectivity index (χ0) is 22.0. The number of carbonyl (C=O) groups is 1. The SMILES string of the molecule is O=C(Nc1ccc(S(=O)(=O)NC2=NCCCCC2)cc1)c1sc2cc(Cl)ccc2c1Cl. The van der Waals surface area contributed by atoms with Crippen molar-refractivity contribution in [2.75, 3.05) is 11.9 Å². The van der Waals surface area contributed by atoms with Gasteiger partial charge in [0.2, 0.25) is 0 Å². The van der Waals surface area contributed by atoms with Crippen LogP contribution in [0, 0.1) is 0 Å². The van der Waals surface area contributed by atoms with Gasteiger partial charge in [-0.2, -0.15) is 0 Å². The maximum atomic E-state index is 12.7. The summed E-state index contributed by atoms with van der Waals surface area (Å²) >= 11 is 13.6. The number of benzene rings is 2. The summed E-state index contributed by atoms with van der Waals surface area (Å²) in [6.07, 6.45) is 3.55. The van der Waals surface area contributed by atoms with E-state index in [0.29, 0.717) is 39.4 Å². The lowest BCUT2D eigenvalue weighted by molar-refractivity contribution is 0.103. The quantitative estimate of drug-likeness (QED) is 0.485. The van der Waals surface area contributed by atoms with Crippen molar-refractivity contribution in [2.45, 2.75) is 30.6 Å². The molecule has 1 aliphatic heterocycles. The Morgan fingerprint density at radius 1 is 1.03 bits per heavy atom. The molecular formula is C21H19Cl2N3O3S2.